The van der Waals surface area contributed by atoms with Crippen molar-refractivity contribution in [1.82, 2.24) is 10.1 Å². The first-order valence-corrected chi connectivity index (χ1v) is 6.25. The highest BCUT2D eigenvalue weighted by Crippen LogP contribution is 2.35. The second kappa shape index (κ2) is 5.09. The van der Waals surface area contributed by atoms with E-state index in [1.54, 1.807) is 0 Å². The molecule has 1 aromatic heterocycles. The van der Waals surface area contributed by atoms with E-state index >= 15 is 0 Å². The Labute approximate surface area is 119 Å². The quantitative estimate of drug-likeness (QED) is 0.512. The van der Waals surface area contributed by atoms with Gasteiger partial charge in [0.2, 0.25) is 5.88 Å². The maximum atomic E-state index is 12.4. The van der Waals surface area contributed by atoms with Gasteiger partial charge in [-0.15, -0.1) is 6.58 Å². The number of alkyl halides is 4. The number of halogens is 4. The number of urea groups is 1. The van der Waals surface area contributed by atoms with Crippen molar-refractivity contribution in [3.63, 3.8) is 0 Å². The summed E-state index contributed by atoms with van der Waals surface area (Å²) in [5, 5.41) is 12.7. The van der Waals surface area contributed by atoms with Crippen molar-refractivity contribution in [1.29, 1.82) is 0 Å². The molecule has 1 aliphatic heterocycles. The van der Waals surface area contributed by atoms with E-state index < -0.39 is 35.0 Å². The van der Waals surface area contributed by atoms with Gasteiger partial charge >= 0.3 is 12.2 Å². The predicted octanol–water partition coefficient (Wildman–Crippen LogP) is 2.16. The molecule has 2 amide bonds. The fraction of sp³-hybridized carbons (Fsp3) is 0.400. The Morgan fingerprint density at radius 1 is 1.60 bits per heavy atom. The molecule has 1 N–H and O–H groups in total. The number of hydrogen-bond donors (Lipinski definition) is 1. The molecule has 1 fully saturated rings. The zero-order chi connectivity index (χ0) is 15.1. The SMILES string of the molecule is C=CCN1C(=O)N(c2cc(C(F)(F)F)no2)C(Br)C1O. The lowest BCUT2D eigenvalue weighted by Crippen LogP contribution is -2.35. The molecule has 1 aliphatic rings. The number of aliphatic hydroxyl groups is 1. The molecule has 2 unspecified atom stereocenters. The molecule has 2 heterocycles. The Balaban J connectivity index is 2.31. The van der Waals surface area contributed by atoms with Gasteiger partial charge in [-0.3, -0.25) is 4.90 Å². The van der Waals surface area contributed by atoms with Gasteiger partial charge in [-0.1, -0.05) is 27.2 Å². The van der Waals surface area contributed by atoms with Crippen LogP contribution in [0.1, 0.15) is 5.69 Å². The van der Waals surface area contributed by atoms with Crippen LogP contribution in [-0.4, -0.2) is 38.9 Å². The number of aromatic nitrogens is 1. The normalized spacial score (nSPS) is 23.6. The van der Waals surface area contributed by atoms with E-state index in [1.807, 2.05) is 0 Å². The number of hydrogen-bond acceptors (Lipinski definition) is 4. The Morgan fingerprint density at radius 3 is 2.75 bits per heavy atom. The highest BCUT2D eigenvalue weighted by molar-refractivity contribution is 9.09. The maximum Gasteiger partial charge on any atom is 0.436 e. The molecule has 0 aromatic carbocycles. The monoisotopic (exact) mass is 355 g/mol. The van der Waals surface area contributed by atoms with Crippen molar-refractivity contribution in [3.8, 4) is 0 Å². The summed E-state index contributed by atoms with van der Waals surface area (Å²) in [6.45, 7) is 3.47. The van der Waals surface area contributed by atoms with Crippen molar-refractivity contribution < 1.29 is 27.6 Å². The molecule has 110 valence electrons. The van der Waals surface area contributed by atoms with E-state index in [-0.39, 0.29) is 6.54 Å². The maximum absolute atomic E-state index is 12.4. The third-order valence-corrected chi connectivity index (χ3v) is 3.50. The largest absolute Gasteiger partial charge is 0.436 e. The van der Waals surface area contributed by atoms with E-state index in [9.17, 15) is 23.1 Å². The molecule has 1 aromatic rings. The molecule has 0 radical (unpaired) electrons. The van der Waals surface area contributed by atoms with Crippen molar-refractivity contribution in [2.75, 3.05) is 11.4 Å². The molecule has 0 saturated carbocycles. The Hall–Kier alpha value is -1.55. The van der Waals surface area contributed by atoms with Crippen LogP contribution < -0.4 is 4.90 Å². The van der Waals surface area contributed by atoms with Gasteiger partial charge in [0, 0.05) is 12.6 Å². The fourth-order valence-electron chi connectivity index (χ4n) is 1.69. The molecule has 2 rings (SSSR count). The number of nitrogens with zero attached hydrogens (tertiary/aromatic N) is 3. The zero-order valence-electron chi connectivity index (χ0n) is 9.84. The second-order valence-corrected chi connectivity index (χ2v) is 4.87. The number of anilines is 1. The number of carbonyl (C=O) groups excluding carboxylic acids is 1. The van der Waals surface area contributed by atoms with Crippen molar-refractivity contribution in [2.24, 2.45) is 0 Å². The van der Waals surface area contributed by atoms with Crippen molar-refractivity contribution >= 4 is 27.8 Å². The Morgan fingerprint density at radius 2 is 2.25 bits per heavy atom. The average molecular weight is 356 g/mol. The van der Waals surface area contributed by atoms with E-state index in [1.165, 1.54) is 6.08 Å². The van der Waals surface area contributed by atoms with Crippen LogP contribution >= 0.6 is 15.9 Å². The highest BCUT2D eigenvalue weighted by atomic mass is 79.9. The molecule has 10 heteroatoms. The lowest BCUT2D eigenvalue weighted by atomic mass is 10.4. The zero-order valence-corrected chi connectivity index (χ0v) is 11.4. The third-order valence-electron chi connectivity index (χ3n) is 2.62. The fourth-order valence-corrected chi connectivity index (χ4v) is 2.35. The molecule has 0 spiro atoms. The summed E-state index contributed by atoms with van der Waals surface area (Å²) in [7, 11) is 0. The minimum absolute atomic E-state index is 0.0405. The number of carbonyl (C=O) groups is 1. The molecule has 1 saturated heterocycles. The second-order valence-electron chi connectivity index (χ2n) is 3.93. The highest BCUT2D eigenvalue weighted by Gasteiger charge is 2.46. The summed E-state index contributed by atoms with van der Waals surface area (Å²) < 4.78 is 41.9. The average Bonchev–Trinajstić information content (AvgIpc) is 2.90. The molecule has 0 bridgehead atoms. The number of aliphatic hydroxyl groups excluding tert-OH is 1. The van der Waals surface area contributed by atoms with Gasteiger partial charge in [0.25, 0.3) is 0 Å². The van der Waals surface area contributed by atoms with Gasteiger partial charge < -0.3 is 9.63 Å². The Kier molecular flexibility index (Phi) is 3.78. The Bertz CT molecular complexity index is 533. The van der Waals surface area contributed by atoms with Crippen LogP contribution in [0.15, 0.2) is 23.2 Å². The van der Waals surface area contributed by atoms with Crippen LogP contribution in [0.2, 0.25) is 0 Å². The van der Waals surface area contributed by atoms with Crippen molar-refractivity contribution in [3.05, 3.63) is 24.4 Å². The lowest BCUT2D eigenvalue weighted by molar-refractivity contribution is -0.142. The number of rotatable bonds is 3. The predicted molar refractivity (Wildman–Crippen MR) is 65.0 cm³/mol. The minimum atomic E-state index is -4.67. The standard InChI is InChI=1S/C10H9BrF3N3O3/c1-2-3-16-8(18)7(11)17(9(16)19)6-4-5(15-20-6)10(12,13)14/h2,4,7-8,18H,1,3H2. The van der Waals surface area contributed by atoms with Gasteiger partial charge in [-0.25, -0.2) is 9.69 Å². The molecule has 2 atom stereocenters. The van der Waals surface area contributed by atoms with E-state index in [0.29, 0.717) is 6.07 Å². The minimum Gasteiger partial charge on any atom is -0.370 e. The topological polar surface area (TPSA) is 69.8 Å². The first-order chi connectivity index (χ1) is 9.27. The van der Waals surface area contributed by atoms with Crippen LogP contribution in [0.25, 0.3) is 0 Å². The summed E-state index contributed by atoms with van der Waals surface area (Å²) in [5.41, 5.74) is -1.25. The van der Waals surface area contributed by atoms with Gasteiger partial charge in [0.1, 0.15) is 4.95 Å². The first kappa shape index (κ1) is 14.9. The van der Waals surface area contributed by atoms with Crippen LogP contribution in [-0.2, 0) is 6.18 Å². The molecule has 6 nitrogen and oxygen atoms in total. The smallest absolute Gasteiger partial charge is 0.370 e. The van der Waals surface area contributed by atoms with Crippen LogP contribution in [0.3, 0.4) is 0 Å². The van der Waals surface area contributed by atoms with Gasteiger partial charge in [0.05, 0.1) is 0 Å². The summed E-state index contributed by atoms with van der Waals surface area (Å²) >= 11 is 3.03. The first-order valence-electron chi connectivity index (χ1n) is 5.34. The van der Waals surface area contributed by atoms with E-state index in [0.717, 1.165) is 9.80 Å². The third kappa shape index (κ3) is 2.40. The summed E-state index contributed by atoms with van der Waals surface area (Å²) in [5.74, 6) is -0.408. The van der Waals surface area contributed by atoms with E-state index in [4.69, 9.17) is 0 Å². The molecular weight excluding hydrogens is 347 g/mol. The molecule has 20 heavy (non-hydrogen) atoms. The van der Waals surface area contributed by atoms with Crippen LogP contribution in [0, 0.1) is 0 Å². The van der Waals surface area contributed by atoms with E-state index in [2.05, 4.69) is 32.2 Å². The van der Waals surface area contributed by atoms with Gasteiger partial charge in [0.15, 0.2) is 11.9 Å². The van der Waals surface area contributed by atoms with Gasteiger partial charge in [-0.2, -0.15) is 13.2 Å². The summed E-state index contributed by atoms with van der Waals surface area (Å²) in [6, 6.07) is -0.125. The van der Waals surface area contributed by atoms with Crippen molar-refractivity contribution in [2.45, 2.75) is 17.4 Å². The lowest BCUT2D eigenvalue weighted by Gasteiger charge is -2.16. The number of amides is 2. The van der Waals surface area contributed by atoms with Crippen LogP contribution in [0.4, 0.5) is 23.8 Å². The summed E-state index contributed by atoms with van der Waals surface area (Å²) in [6.07, 6.45) is -4.54. The van der Waals surface area contributed by atoms with Crippen LogP contribution in [0.5, 0.6) is 0 Å². The summed E-state index contributed by atoms with van der Waals surface area (Å²) in [4.78, 5) is 12.9. The molecule has 0 aliphatic carbocycles. The molecular formula is C10H9BrF3N3O3. The van der Waals surface area contributed by atoms with Gasteiger partial charge in [-0.05, 0) is 0 Å².